The highest BCUT2D eigenvalue weighted by molar-refractivity contribution is 5.53. The van der Waals surface area contributed by atoms with Crippen LogP contribution in [-0.2, 0) is 0 Å². The summed E-state index contributed by atoms with van der Waals surface area (Å²) in [6.07, 6.45) is 0. The molecule has 0 saturated carbocycles. The average Bonchev–Trinajstić information content (AvgIpc) is 2.23. The molecule has 1 aromatic carbocycles. The molecule has 0 aromatic heterocycles. The highest BCUT2D eigenvalue weighted by Crippen LogP contribution is 2.32. The molecule has 0 N–H and O–H groups in total. The van der Waals surface area contributed by atoms with Crippen molar-refractivity contribution in [2.45, 2.75) is 48.5 Å². The maximum Gasteiger partial charge on any atom is 0.125 e. The highest BCUT2D eigenvalue weighted by atomic mass is 16.5. The highest BCUT2D eigenvalue weighted by Gasteiger charge is 2.13. The van der Waals surface area contributed by atoms with Crippen molar-refractivity contribution in [3.8, 4) is 5.75 Å². The summed E-state index contributed by atoms with van der Waals surface area (Å²) in [7, 11) is 0. The minimum absolute atomic E-state index is 0.570. The van der Waals surface area contributed by atoms with Crippen molar-refractivity contribution in [2.24, 2.45) is 5.92 Å². The maximum atomic E-state index is 5.95. The van der Waals surface area contributed by atoms with Gasteiger partial charge in [0.15, 0.2) is 0 Å². The summed E-state index contributed by atoms with van der Waals surface area (Å²) >= 11 is 0. The minimum Gasteiger partial charge on any atom is -0.493 e. The van der Waals surface area contributed by atoms with Crippen molar-refractivity contribution >= 4 is 0 Å². The first-order valence-corrected chi connectivity index (χ1v) is 6.06. The molecule has 0 radical (unpaired) electrons. The van der Waals surface area contributed by atoms with Crippen LogP contribution in [0.2, 0.25) is 0 Å². The molecule has 1 rings (SSSR count). The van der Waals surface area contributed by atoms with E-state index in [-0.39, 0.29) is 0 Å². The van der Waals surface area contributed by atoms with Gasteiger partial charge in [0.25, 0.3) is 0 Å². The van der Waals surface area contributed by atoms with Crippen molar-refractivity contribution < 1.29 is 4.74 Å². The van der Waals surface area contributed by atoms with Gasteiger partial charge in [-0.2, -0.15) is 0 Å². The lowest BCUT2D eigenvalue weighted by Crippen LogP contribution is -2.08. The molecule has 0 atom stereocenters. The predicted molar refractivity (Wildman–Crippen MR) is 70.5 cm³/mol. The first-order chi connectivity index (χ1) is 7.36. The number of ether oxygens (including phenoxy) is 1. The molecule has 0 amide bonds. The quantitative estimate of drug-likeness (QED) is 0.739. The summed E-state index contributed by atoms with van der Waals surface area (Å²) in [5.41, 5.74) is 6.71. The monoisotopic (exact) mass is 220 g/mol. The molecule has 90 valence electrons. The first kappa shape index (κ1) is 13.1. The van der Waals surface area contributed by atoms with Crippen molar-refractivity contribution in [3.63, 3.8) is 0 Å². The third kappa shape index (κ3) is 2.40. The molecule has 0 aliphatic carbocycles. The lowest BCUT2D eigenvalue weighted by atomic mass is 9.94. The van der Waals surface area contributed by atoms with E-state index >= 15 is 0 Å². The summed E-state index contributed by atoms with van der Waals surface area (Å²) in [5, 5.41) is 0. The van der Waals surface area contributed by atoms with Crippen LogP contribution >= 0.6 is 0 Å². The van der Waals surface area contributed by atoms with Crippen molar-refractivity contribution in [1.29, 1.82) is 0 Å². The lowest BCUT2D eigenvalue weighted by Gasteiger charge is -2.19. The van der Waals surface area contributed by atoms with E-state index < -0.39 is 0 Å². The van der Waals surface area contributed by atoms with E-state index in [2.05, 4.69) is 48.5 Å². The van der Waals surface area contributed by atoms with Gasteiger partial charge in [-0.25, -0.2) is 0 Å². The average molecular weight is 220 g/mol. The second-order valence-corrected chi connectivity index (χ2v) is 5.16. The third-order valence-electron chi connectivity index (χ3n) is 3.49. The van der Waals surface area contributed by atoms with E-state index in [1.54, 1.807) is 0 Å². The fourth-order valence-corrected chi connectivity index (χ4v) is 1.93. The van der Waals surface area contributed by atoms with Gasteiger partial charge in [-0.05, 0) is 68.4 Å². The molecule has 0 unspecified atom stereocenters. The van der Waals surface area contributed by atoms with Crippen LogP contribution < -0.4 is 4.74 Å². The number of benzene rings is 1. The largest absolute Gasteiger partial charge is 0.493 e. The molecule has 0 aliphatic heterocycles. The molecule has 0 saturated heterocycles. The van der Waals surface area contributed by atoms with Crippen molar-refractivity contribution in [1.82, 2.24) is 0 Å². The van der Waals surface area contributed by atoms with Crippen molar-refractivity contribution in [3.05, 3.63) is 27.8 Å². The Morgan fingerprint density at radius 3 is 1.50 bits per heavy atom. The zero-order chi connectivity index (χ0) is 12.5. The molecule has 1 aromatic rings. The van der Waals surface area contributed by atoms with E-state index in [9.17, 15) is 0 Å². The van der Waals surface area contributed by atoms with Crippen LogP contribution in [-0.4, -0.2) is 6.61 Å². The van der Waals surface area contributed by atoms with Gasteiger partial charge in [-0.1, -0.05) is 13.8 Å². The minimum atomic E-state index is 0.570. The smallest absolute Gasteiger partial charge is 0.125 e. The van der Waals surface area contributed by atoms with Crippen LogP contribution in [0, 0.1) is 40.5 Å². The molecule has 0 bridgehead atoms. The molecule has 16 heavy (non-hydrogen) atoms. The molecule has 0 heterocycles. The van der Waals surface area contributed by atoms with E-state index in [0.29, 0.717) is 5.92 Å². The lowest BCUT2D eigenvalue weighted by molar-refractivity contribution is 0.267. The fourth-order valence-electron chi connectivity index (χ4n) is 1.93. The summed E-state index contributed by atoms with van der Waals surface area (Å²) in [6.45, 7) is 16.0. The topological polar surface area (TPSA) is 9.23 Å². The SMILES string of the molecule is Cc1c(C)c(C)c(OCC(C)C)c(C)c1C. The Morgan fingerprint density at radius 2 is 1.12 bits per heavy atom. The van der Waals surface area contributed by atoms with E-state index in [4.69, 9.17) is 4.74 Å². The Labute approximate surface area is 99.8 Å². The molecular formula is C15H24O. The third-order valence-corrected chi connectivity index (χ3v) is 3.49. The van der Waals surface area contributed by atoms with Gasteiger partial charge in [0, 0.05) is 0 Å². The molecule has 0 aliphatic rings. The molecule has 0 spiro atoms. The second-order valence-electron chi connectivity index (χ2n) is 5.16. The number of hydrogen-bond donors (Lipinski definition) is 0. The Kier molecular flexibility index (Phi) is 4.01. The molecule has 1 nitrogen and oxygen atoms in total. The standard InChI is InChI=1S/C15H24O/c1-9(2)8-16-15-13(6)11(4)10(3)12(5)14(15)7/h9H,8H2,1-7H3. The number of rotatable bonds is 3. The Hall–Kier alpha value is -0.980. The Balaban J connectivity index is 3.18. The summed E-state index contributed by atoms with van der Waals surface area (Å²) in [4.78, 5) is 0. The molecule has 1 heteroatoms. The van der Waals surface area contributed by atoms with Crippen LogP contribution in [0.15, 0.2) is 0 Å². The summed E-state index contributed by atoms with van der Waals surface area (Å²) < 4.78 is 5.95. The van der Waals surface area contributed by atoms with Crippen LogP contribution in [0.5, 0.6) is 5.75 Å². The number of hydrogen-bond acceptors (Lipinski definition) is 1. The second kappa shape index (κ2) is 4.90. The maximum absolute atomic E-state index is 5.95. The molecular weight excluding hydrogens is 196 g/mol. The zero-order valence-corrected chi connectivity index (χ0v) is 11.7. The normalized spacial score (nSPS) is 11.0. The van der Waals surface area contributed by atoms with E-state index in [1.165, 1.54) is 27.8 Å². The van der Waals surface area contributed by atoms with Gasteiger partial charge in [-0.3, -0.25) is 0 Å². The van der Waals surface area contributed by atoms with Crippen LogP contribution in [0.1, 0.15) is 41.7 Å². The van der Waals surface area contributed by atoms with Gasteiger partial charge >= 0.3 is 0 Å². The van der Waals surface area contributed by atoms with E-state index in [1.807, 2.05) is 0 Å². The first-order valence-electron chi connectivity index (χ1n) is 6.06. The van der Waals surface area contributed by atoms with Crippen molar-refractivity contribution in [2.75, 3.05) is 6.61 Å². The Morgan fingerprint density at radius 1 is 0.750 bits per heavy atom. The van der Waals surface area contributed by atoms with Crippen LogP contribution in [0.25, 0.3) is 0 Å². The molecule has 0 fully saturated rings. The fraction of sp³-hybridized carbons (Fsp3) is 0.600. The van der Waals surface area contributed by atoms with Gasteiger partial charge in [-0.15, -0.1) is 0 Å². The van der Waals surface area contributed by atoms with E-state index in [0.717, 1.165) is 12.4 Å². The van der Waals surface area contributed by atoms with Gasteiger partial charge in [0.2, 0.25) is 0 Å². The predicted octanol–water partition coefficient (Wildman–Crippen LogP) is 4.26. The summed E-state index contributed by atoms with van der Waals surface area (Å²) in [6, 6.07) is 0. The zero-order valence-electron chi connectivity index (χ0n) is 11.7. The van der Waals surface area contributed by atoms with Gasteiger partial charge in [0.05, 0.1) is 6.61 Å². The van der Waals surface area contributed by atoms with Gasteiger partial charge in [0.1, 0.15) is 5.75 Å². The van der Waals surface area contributed by atoms with Gasteiger partial charge < -0.3 is 4.74 Å². The van der Waals surface area contributed by atoms with Crippen LogP contribution in [0.4, 0.5) is 0 Å². The summed E-state index contributed by atoms with van der Waals surface area (Å²) in [5.74, 6) is 1.66. The Bertz CT molecular complexity index is 360. The van der Waals surface area contributed by atoms with Crippen LogP contribution in [0.3, 0.4) is 0 Å².